The fourth-order valence-corrected chi connectivity index (χ4v) is 3.82. The highest BCUT2D eigenvalue weighted by molar-refractivity contribution is 6.22. The largest absolute Gasteiger partial charge is 0.358 e. The Bertz CT molecular complexity index is 800. The van der Waals surface area contributed by atoms with Crippen molar-refractivity contribution in [3.8, 4) is 0 Å². The molecule has 1 aliphatic carbocycles. The van der Waals surface area contributed by atoms with Crippen molar-refractivity contribution in [2.75, 3.05) is 6.54 Å². The van der Waals surface area contributed by atoms with Gasteiger partial charge in [-0.05, 0) is 37.8 Å². The number of hydrogen-bond acceptors (Lipinski definition) is 3. The summed E-state index contributed by atoms with van der Waals surface area (Å²) in [7, 11) is 0. The van der Waals surface area contributed by atoms with E-state index in [2.05, 4.69) is 31.0 Å². The number of aromatic amines is 1. The Morgan fingerprint density at radius 3 is 2.64 bits per heavy atom. The number of Topliss-reactive ketones (excluding diaryl/α,β-unsaturated/α-hetero) is 2. The van der Waals surface area contributed by atoms with E-state index in [0.717, 1.165) is 30.5 Å². The molecule has 0 atom stereocenters. The van der Waals surface area contributed by atoms with Gasteiger partial charge in [-0.1, -0.05) is 31.5 Å². The van der Waals surface area contributed by atoms with E-state index >= 15 is 0 Å². The number of ketones is 2. The van der Waals surface area contributed by atoms with E-state index in [9.17, 15) is 9.59 Å². The molecule has 132 valence electrons. The lowest BCUT2D eigenvalue weighted by molar-refractivity contribution is -0.132. The van der Waals surface area contributed by atoms with Crippen LogP contribution in [0.5, 0.6) is 0 Å². The number of fused-ring (bicyclic) bond motifs is 1. The van der Waals surface area contributed by atoms with Gasteiger partial charge in [0.25, 0.3) is 0 Å². The number of nitrogens with one attached hydrogen (secondary N) is 1. The molecule has 25 heavy (non-hydrogen) atoms. The summed E-state index contributed by atoms with van der Waals surface area (Å²) < 4.78 is 0. The number of aliphatic imine (C=N–C) groups is 1. The number of carbonyl (C=O) groups excluding carboxylic acids is 2. The minimum absolute atomic E-state index is 0.0618. The fraction of sp³-hybridized carbons (Fsp3) is 0.476. The third-order valence-electron chi connectivity index (χ3n) is 5.03. The van der Waals surface area contributed by atoms with Crippen LogP contribution in [0.1, 0.15) is 50.3 Å². The topological polar surface area (TPSA) is 62.3 Å². The molecule has 0 radical (unpaired) electrons. The molecule has 0 bridgehead atoms. The molecule has 0 saturated heterocycles. The fourth-order valence-electron chi connectivity index (χ4n) is 3.82. The maximum Gasteiger partial charge on any atom is 0.149 e. The zero-order valence-corrected chi connectivity index (χ0v) is 15.1. The third-order valence-corrected chi connectivity index (χ3v) is 5.03. The van der Waals surface area contributed by atoms with Gasteiger partial charge in [0.05, 0.1) is 0 Å². The molecule has 0 amide bonds. The van der Waals surface area contributed by atoms with Crippen molar-refractivity contribution < 1.29 is 9.59 Å². The van der Waals surface area contributed by atoms with E-state index < -0.39 is 5.92 Å². The van der Waals surface area contributed by atoms with Crippen LogP contribution in [-0.4, -0.2) is 28.8 Å². The smallest absolute Gasteiger partial charge is 0.149 e. The van der Waals surface area contributed by atoms with E-state index in [1.807, 2.05) is 12.1 Å². The van der Waals surface area contributed by atoms with Gasteiger partial charge in [0.1, 0.15) is 17.5 Å². The molecule has 1 aliphatic rings. The summed E-state index contributed by atoms with van der Waals surface area (Å²) in [5.41, 5.74) is 4.38. The van der Waals surface area contributed by atoms with Gasteiger partial charge in [-0.25, -0.2) is 0 Å². The molecular formula is C21H26N2O2. The van der Waals surface area contributed by atoms with Crippen LogP contribution in [0.4, 0.5) is 0 Å². The first kappa shape index (κ1) is 17.6. The van der Waals surface area contributed by atoms with E-state index in [1.54, 1.807) is 0 Å². The molecule has 1 aromatic heterocycles. The zero-order valence-electron chi connectivity index (χ0n) is 15.1. The summed E-state index contributed by atoms with van der Waals surface area (Å²) >= 11 is 0. The van der Waals surface area contributed by atoms with Gasteiger partial charge in [-0.15, -0.1) is 0 Å². The van der Waals surface area contributed by atoms with Crippen LogP contribution >= 0.6 is 0 Å². The highest BCUT2D eigenvalue weighted by Gasteiger charge is 2.33. The molecule has 1 N–H and O–H groups in total. The number of rotatable bonds is 6. The molecular weight excluding hydrogens is 312 g/mol. The SMILES string of the molecule is CCCC(=NCCc1c(C)[nH]c2ccccc12)C1C(=O)CCCC1=O. The van der Waals surface area contributed by atoms with Gasteiger partial charge < -0.3 is 4.98 Å². The first-order chi connectivity index (χ1) is 12.1. The lowest BCUT2D eigenvalue weighted by Crippen LogP contribution is -2.35. The number of hydrogen-bond donors (Lipinski definition) is 1. The highest BCUT2D eigenvalue weighted by Crippen LogP contribution is 2.24. The second kappa shape index (κ2) is 7.77. The Morgan fingerprint density at radius 2 is 1.92 bits per heavy atom. The Morgan fingerprint density at radius 1 is 1.20 bits per heavy atom. The van der Waals surface area contributed by atoms with E-state index in [0.29, 0.717) is 25.8 Å². The van der Waals surface area contributed by atoms with Crippen molar-refractivity contribution in [3.05, 3.63) is 35.5 Å². The third kappa shape index (κ3) is 3.73. The lowest BCUT2D eigenvalue weighted by atomic mass is 9.82. The quantitative estimate of drug-likeness (QED) is 0.634. The van der Waals surface area contributed by atoms with Crippen LogP contribution in [0.2, 0.25) is 0 Å². The summed E-state index contributed by atoms with van der Waals surface area (Å²) in [5.74, 6) is -0.448. The van der Waals surface area contributed by atoms with Gasteiger partial charge in [0.15, 0.2) is 0 Å². The van der Waals surface area contributed by atoms with Crippen molar-refractivity contribution in [3.63, 3.8) is 0 Å². The summed E-state index contributed by atoms with van der Waals surface area (Å²) in [6.07, 6.45) is 4.18. The maximum atomic E-state index is 12.2. The van der Waals surface area contributed by atoms with Crippen molar-refractivity contribution in [1.29, 1.82) is 0 Å². The Balaban J connectivity index is 1.78. The van der Waals surface area contributed by atoms with Crippen LogP contribution < -0.4 is 0 Å². The van der Waals surface area contributed by atoms with Crippen molar-refractivity contribution in [1.82, 2.24) is 4.98 Å². The minimum Gasteiger partial charge on any atom is -0.358 e. The normalized spacial score (nSPS) is 16.8. The number of H-pyrrole nitrogens is 1. The summed E-state index contributed by atoms with van der Waals surface area (Å²) in [6, 6.07) is 8.28. The standard InChI is InChI=1S/C21H26N2O2/c1-3-7-18(21-19(24)10-6-11-20(21)25)22-13-12-15-14(2)23-17-9-5-4-8-16(15)17/h4-5,8-9,21,23H,3,6-7,10-13H2,1-2H3. The first-order valence-corrected chi connectivity index (χ1v) is 9.26. The van der Waals surface area contributed by atoms with Crippen molar-refractivity contribution >= 4 is 28.2 Å². The second-order valence-corrected chi connectivity index (χ2v) is 6.87. The Kier molecular flexibility index (Phi) is 5.47. The van der Waals surface area contributed by atoms with Crippen molar-refractivity contribution in [2.45, 2.75) is 52.4 Å². The molecule has 1 saturated carbocycles. The highest BCUT2D eigenvalue weighted by atomic mass is 16.2. The predicted octanol–water partition coefficient (Wildman–Crippen LogP) is 4.20. The van der Waals surface area contributed by atoms with Gasteiger partial charge in [0.2, 0.25) is 0 Å². The number of benzene rings is 1. The lowest BCUT2D eigenvalue weighted by Gasteiger charge is -2.21. The molecule has 0 spiro atoms. The van der Waals surface area contributed by atoms with Gasteiger partial charge >= 0.3 is 0 Å². The summed E-state index contributed by atoms with van der Waals surface area (Å²) in [5, 5.41) is 1.23. The van der Waals surface area contributed by atoms with Crippen molar-refractivity contribution in [2.24, 2.45) is 10.9 Å². The van der Waals surface area contributed by atoms with Crippen LogP contribution in [-0.2, 0) is 16.0 Å². The number of nitrogens with zero attached hydrogens (tertiary/aromatic N) is 1. The Hall–Kier alpha value is -2.23. The van der Waals surface area contributed by atoms with Gasteiger partial charge in [0, 0.05) is 41.7 Å². The van der Waals surface area contributed by atoms with Crippen LogP contribution in [0.3, 0.4) is 0 Å². The number of carbonyl (C=O) groups is 2. The Labute approximate surface area is 148 Å². The van der Waals surface area contributed by atoms with Crippen LogP contribution in [0, 0.1) is 12.8 Å². The van der Waals surface area contributed by atoms with Gasteiger partial charge in [-0.3, -0.25) is 14.6 Å². The molecule has 0 aliphatic heterocycles. The zero-order chi connectivity index (χ0) is 17.8. The predicted molar refractivity (Wildman–Crippen MR) is 101 cm³/mol. The molecule has 2 aromatic rings. The molecule has 4 heteroatoms. The minimum atomic E-state index is -0.572. The number of aromatic nitrogens is 1. The first-order valence-electron chi connectivity index (χ1n) is 9.26. The maximum absolute atomic E-state index is 12.2. The molecule has 1 heterocycles. The van der Waals surface area contributed by atoms with E-state index in [1.165, 1.54) is 16.6 Å². The average Bonchev–Trinajstić information content (AvgIpc) is 2.90. The number of para-hydroxylation sites is 1. The molecule has 0 unspecified atom stereocenters. The molecule has 1 aromatic carbocycles. The van der Waals surface area contributed by atoms with Crippen LogP contribution in [0.15, 0.2) is 29.3 Å². The number of aryl methyl sites for hydroxylation is 1. The average molecular weight is 338 g/mol. The second-order valence-electron chi connectivity index (χ2n) is 6.87. The molecule has 1 fully saturated rings. The molecule has 3 rings (SSSR count). The van der Waals surface area contributed by atoms with E-state index in [4.69, 9.17) is 4.99 Å². The van der Waals surface area contributed by atoms with Crippen LogP contribution in [0.25, 0.3) is 10.9 Å². The van der Waals surface area contributed by atoms with Gasteiger partial charge in [-0.2, -0.15) is 0 Å². The summed E-state index contributed by atoms with van der Waals surface area (Å²) in [4.78, 5) is 32.6. The monoisotopic (exact) mass is 338 g/mol. The van der Waals surface area contributed by atoms with E-state index in [-0.39, 0.29) is 11.6 Å². The molecule has 4 nitrogen and oxygen atoms in total. The summed E-state index contributed by atoms with van der Waals surface area (Å²) in [6.45, 7) is 4.77.